The fourth-order valence-electron chi connectivity index (χ4n) is 2.59. The van der Waals surface area contributed by atoms with Gasteiger partial charge in [-0.1, -0.05) is 42.5 Å². The highest BCUT2D eigenvalue weighted by molar-refractivity contribution is 5.83. The number of nitrogens with two attached hydrogens (primary N) is 1. The standard InChI is InChI=1S/C19H17N3O4/c20-18(24)17(13-6-2-1-3-7-13)26-16(23)10-11-22-12-21-15-9-5-4-8-14(15)19(22)25/h1-9,12,17H,10-11H2,(H2,20,24). The molecule has 3 rings (SSSR count). The Morgan fingerprint density at radius 1 is 1.08 bits per heavy atom. The molecule has 7 nitrogen and oxygen atoms in total. The number of primary amides is 1. The van der Waals surface area contributed by atoms with E-state index in [-0.39, 0.29) is 18.5 Å². The molecule has 0 aliphatic carbocycles. The third-order valence-electron chi connectivity index (χ3n) is 3.90. The molecule has 0 bridgehead atoms. The molecule has 1 aromatic heterocycles. The van der Waals surface area contributed by atoms with Crippen molar-refractivity contribution in [2.75, 3.05) is 0 Å². The first-order valence-electron chi connectivity index (χ1n) is 8.04. The van der Waals surface area contributed by atoms with E-state index in [9.17, 15) is 14.4 Å². The molecule has 0 aliphatic heterocycles. The summed E-state index contributed by atoms with van der Waals surface area (Å²) in [5, 5.41) is 0.475. The molecule has 1 unspecified atom stereocenters. The summed E-state index contributed by atoms with van der Waals surface area (Å²) in [5.74, 6) is -1.38. The van der Waals surface area contributed by atoms with Crippen LogP contribution in [0.15, 0.2) is 65.7 Å². The predicted molar refractivity (Wildman–Crippen MR) is 95.1 cm³/mol. The molecule has 2 N–H and O–H groups in total. The highest BCUT2D eigenvalue weighted by Crippen LogP contribution is 2.17. The van der Waals surface area contributed by atoms with Crippen LogP contribution in [-0.4, -0.2) is 21.4 Å². The van der Waals surface area contributed by atoms with E-state index in [1.807, 2.05) is 0 Å². The highest BCUT2D eigenvalue weighted by Gasteiger charge is 2.22. The largest absolute Gasteiger partial charge is 0.447 e. The molecule has 3 aromatic rings. The van der Waals surface area contributed by atoms with E-state index in [4.69, 9.17) is 10.5 Å². The first-order valence-corrected chi connectivity index (χ1v) is 8.04. The Labute approximate surface area is 149 Å². The number of ether oxygens (including phenoxy) is 1. The van der Waals surface area contributed by atoms with Gasteiger partial charge in [0, 0.05) is 12.1 Å². The topological polar surface area (TPSA) is 104 Å². The summed E-state index contributed by atoms with van der Waals surface area (Å²) in [6, 6.07) is 15.5. The molecule has 26 heavy (non-hydrogen) atoms. The summed E-state index contributed by atoms with van der Waals surface area (Å²) in [5.41, 5.74) is 6.18. The maximum absolute atomic E-state index is 12.4. The van der Waals surface area contributed by atoms with Crippen LogP contribution in [0.3, 0.4) is 0 Å². The Balaban J connectivity index is 1.70. The van der Waals surface area contributed by atoms with E-state index < -0.39 is 18.0 Å². The van der Waals surface area contributed by atoms with Gasteiger partial charge in [-0.05, 0) is 12.1 Å². The molecule has 7 heteroatoms. The van der Waals surface area contributed by atoms with Gasteiger partial charge in [-0.25, -0.2) is 4.98 Å². The van der Waals surface area contributed by atoms with E-state index in [1.165, 1.54) is 10.9 Å². The van der Waals surface area contributed by atoms with Gasteiger partial charge in [0.2, 0.25) is 6.10 Å². The molecule has 1 heterocycles. The Hall–Kier alpha value is -3.48. The lowest BCUT2D eigenvalue weighted by Crippen LogP contribution is -2.27. The van der Waals surface area contributed by atoms with Gasteiger partial charge in [0.05, 0.1) is 23.7 Å². The number of aromatic nitrogens is 2. The van der Waals surface area contributed by atoms with E-state index >= 15 is 0 Å². The van der Waals surface area contributed by atoms with Gasteiger partial charge in [0.25, 0.3) is 11.5 Å². The minimum absolute atomic E-state index is 0.0868. The summed E-state index contributed by atoms with van der Waals surface area (Å²) in [4.78, 5) is 40.3. The average molecular weight is 351 g/mol. The molecule has 0 spiro atoms. The van der Waals surface area contributed by atoms with Crippen molar-refractivity contribution in [1.29, 1.82) is 0 Å². The summed E-state index contributed by atoms with van der Waals surface area (Å²) in [6.45, 7) is 0.0930. The molecular formula is C19H17N3O4. The zero-order valence-electron chi connectivity index (χ0n) is 13.9. The van der Waals surface area contributed by atoms with Crippen LogP contribution in [0.2, 0.25) is 0 Å². The summed E-state index contributed by atoms with van der Waals surface area (Å²) >= 11 is 0. The van der Waals surface area contributed by atoms with Gasteiger partial charge in [-0.3, -0.25) is 19.0 Å². The number of amides is 1. The van der Waals surface area contributed by atoms with E-state index in [1.54, 1.807) is 54.6 Å². The van der Waals surface area contributed by atoms with Crippen LogP contribution in [0.5, 0.6) is 0 Å². The summed E-state index contributed by atoms with van der Waals surface area (Å²) in [6.07, 6.45) is 0.146. The Kier molecular flexibility index (Phi) is 5.07. The first-order chi connectivity index (χ1) is 12.6. The lowest BCUT2D eigenvalue weighted by atomic mass is 10.1. The summed E-state index contributed by atoms with van der Waals surface area (Å²) < 4.78 is 6.54. The lowest BCUT2D eigenvalue weighted by Gasteiger charge is -2.15. The van der Waals surface area contributed by atoms with Gasteiger partial charge in [-0.2, -0.15) is 0 Å². The molecule has 0 aliphatic rings. The fourth-order valence-corrected chi connectivity index (χ4v) is 2.59. The molecule has 0 radical (unpaired) electrons. The van der Waals surface area contributed by atoms with Crippen LogP contribution in [0.25, 0.3) is 10.9 Å². The first kappa shape index (κ1) is 17.3. The highest BCUT2D eigenvalue weighted by atomic mass is 16.5. The van der Waals surface area contributed by atoms with Crippen molar-refractivity contribution in [2.45, 2.75) is 19.1 Å². The van der Waals surface area contributed by atoms with Crippen molar-refractivity contribution < 1.29 is 14.3 Å². The van der Waals surface area contributed by atoms with Crippen LogP contribution in [-0.2, 0) is 20.9 Å². The van der Waals surface area contributed by atoms with Crippen LogP contribution >= 0.6 is 0 Å². The fraction of sp³-hybridized carbons (Fsp3) is 0.158. The van der Waals surface area contributed by atoms with Crippen LogP contribution in [0.4, 0.5) is 0 Å². The molecule has 0 saturated heterocycles. The third kappa shape index (κ3) is 3.77. The zero-order chi connectivity index (χ0) is 18.5. The van der Waals surface area contributed by atoms with Gasteiger partial charge >= 0.3 is 5.97 Å². The Morgan fingerprint density at radius 2 is 1.77 bits per heavy atom. The smallest absolute Gasteiger partial charge is 0.308 e. The molecule has 1 amide bonds. The van der Waals surface area contributed by atoms with Crippen molar-refractivity contribution >= 4 is 22.8 Å². The number of carbonyl (C=O) groups excluding carboxylic acids is 2. The Bertz CT molecular complexity index is 998. The van der Waals surface area contributed by atoms with Crippen molar-refractivity contribution in [3.05, 3.63) is 76.8 Å². The van der Waals surface area contributed by atoms with Gasteiger partial charge in [0.1, 0.15) is 0 Å². The van der Waals surface area contributed by atoms with Crippen LogP contribution in [0.1, 0.15) is 18.1 Å². The maximum Gasteiger partial charge on any atom is 0.308 e. The van der Waals surface area contributed by atoms with E-state index in [0.29, 0.717) is 16.5 Å². The monoisotopic (exact) mass is 351 g/mol. The number of para-hydroxylation sites is 1. The number of hydrogen-bond acceptors (Lipinski definition) is 5. The molecule has 0 saturated carbocycles. The maximum atomic E-state index is 12.4. The number of nitrogens with zero attached hydrogens (tertiary/aromatic N) is 2. The van der Waals surface area contributed by atoms with Crippen LogP contribution in [0, 0.1) is 0 Å². The number of aryl methyl sites for hydroxylation is 1. The minimum atomic E-state index is -1.16. The zero-order valence-corrected chi connectivity index (χ0v) is 13.9. The van der Waals surface area contributed by atoms with Crippen LogP contribution < -0.4 is 11.3 Å². The Morgan fingerprint density at radius 3 is 2.50 bits per heavy atom. The van der Waals surface area contributed by atoms with Gasteiger partial charge < -0.3 is 10.5 Å². The van der Waals surface area contributed by atoms with Crippen molar-refractivity contribution in [2.24, 2.45) is 5.73 Å². The summed E-state index contributed by atoms with van der Waals surface area (Å²) in [7, 11) is 0. The third-order valence-corrected chi connectivity index (χ3v) is 3.90. The average Bonchev–Trinajstić information content (AvgIpc) is 2.66. The minimum Gasteiger partial charge on any atom is -0.447 e. The quantitative estimate of drug-likeness (QED) is 0.679. The van der Waals surface area contributed by atoms with Gasteiger partial charge in [-0.15, -0.1) is 0 Å². The normalized spacial score (nSPS) is 11.8. The predicted octanol–water partition coefficient (Wildman–Crippen LogP) is 1.56. The molecule has 1 atom stereocenters. The number of hydrogen-bond donors (Lipinski definition) is 1. The number of rotatable bonds is 6. The second kappa shape index (κ2) is 7.60. The van der Waals surface area contributed by atoms with Gasteiger partial charge in [0.15, 0.2) is 0 Å². The number of carbonyl (C=O) groups is 2. The lowest BCUT2D eigenvalue weighted by molar-refractivity contribution is -0.155. The molecule has 0 fully saturated rings. The second-order valence-corrected chi connectivity index (χ2v) is 5.69. The number of esters is 1. The SMILES string of the molecule is NC(=O)C(OC(=O)CCn1cnc2ccccc2c1=O)c1ccccc1. The van der Waals surface area contributed by atoms with Crippen molar-refractivity contribution in [3.63, 3.8) is 0 Å². The van der Waals surface area contributed by atoms with Crippen molar-refractivity contribution in [1.82, 2.24) is 9.55 Å². The van der Waals surface area contributed by atoms with E-state index in [2.05, 4.69) is 4.98 Å². The molecular weight excluding hydrogens is 334 g/mol. The number of fused-ring (bicyclic) bond motifs is 1. The number of benzene rings is 2. The second-order valence-electron chi connectivity index (χ2n) is 5.69. The van der Waals surface area contributed by atoms with Crippen molar-refractivity contribution in [3.8, 4) is 0 Å². The molecule has 132 valence electrons. The van der Waals surface area contributed by atoms with E-state index in [0.717, 1.165) is 0 Å². The molecule has 2 aromatic carbocycles.